The summed E-state index contributed by atoms with van der Waals surface area (Å²) in [5.74, 6) is 0. The van der Waals surface area contributed by atoms with Crippen LogP contribution < -0.4 is 0 Å². The summed E-state index contributed by atoms with van der Waals surface area (Å²) in [6.45, 7) is 16.5. The molecule has 1 nitrogen and oxygen atoms in total. The van der Waals surface area contributed by atoms with Gasteiger partial charge in [0.2, 0.25) is 0 Å². The van der Waals surface area contributed by atoms with Crippen LogP contribution in [-0.4, -0.2) is 4.98 Å². The van der Waals surface area contributed by atoms with Gasteiger partial charge in [-0.2, -0.15) is 0 Å². The van der Waals surface area contributed by atoms with E-state index in [0.29, 0.717) is 0 Å². The molecule has 0 saturated carbocycles. The Hall–Kier alpha value is -2.15. The van der Waals surface area contributed by atoms with Crippen molar-refractivity contribution in [2.24, 2.45) is 0 Å². The standard InChI is InChI=1S/C27H33N/c1-25(2,3)22-17-19(16-18-10-8-9-11-20(18)22)24-23-21(12-15-28-24)26(4,5)13-14-27(23,6)7/h8-12,15-17H,13-14H2,1-7H3. The lowest BCUT2D eigenvalue weighted by Gasteiger charge is -2.42. The van der Waals surface area contributed by atoms with Crippen LogP contribution in [0.15, 0.2) is 48.7 Å². The largest absolute Gasteiger partial charge is 0.256 e. The first-order chi connectivity index (χ1) is 13.0. The minimum Gasteiger partial charge on any atom is -0.256 e. The van der Waals surface area contributed by atoms with Gasteiger partial charge in [0, 0.05) is 11.8 Å². The van der Waals surface area contributed by atoms with E-state index in [2.05, 4.69) is 90.9 Å². The third kappa shape index (κ3) is 3.05. The van der Waals surface area contributed by atoms with E-state index in [1.165, 1.54) is 51.6 Å². The smallest absolute Gasteiger partial charge is 0.0742 e. The van der Waals surface area contributed by atoms with Gasteiger partial charge >= 0.3 is 0 Å². The number of aromatic nitrogens is 1. The van der Waals surface area contributed by atoms with Crippen molar-refractivity contribution in [3.05, 3.63) is 65.4 Å². The van der Waals surface area contributed by atoms with Gasteiger partial charge < -0.3 is 0 Å². The molecule has 1 heteroatoms. The summed E-state index contributed by atoms with van der Waals surface area (Å²) < 4.78 is 0. The highest BCUT2D eigenvalue weighted by Crippen LogP contribution is 2.49. The highest BCUT2D eigenvalue weighted by molar-refractivity contribution is 5.91. The Morgan fingerprint density at radius 2 is 1.54 bits per heavy atom. The fraction of sp³-hybridized carbons (Fsp3) is 0.444. The lowest BCUT2D eigenvalue weighted by atomic mass is 9.62. The zero-order valence-corrected chi connectivity index (χ0v) is 18.5. The molecule has 2 aromatic carbocycles. The summed E-state index contributed by atoms with van der Waals surface area (Å²) in [5, 5.41) is 2.65. The number of benzene rings is 2. The number of nitrogens with zero attached hydrogens (tertiary/aromatic N) is 1. The first-order valence-electron chi connectivity index (χ1n) is 10.5. The summed E-state index contributed by atoms with van der Waals surface area (Å²) >= 11 is 0. The monoisotopic (exact) mass is 371 g/mol. The Balaban J connectivity index is 2.06. The minimum atomic E-state index is 0.0826. The molecule has 3 aromatic rings. The molecule has 28 heavy (non-hydrogen) atoms. The summed E-state index contributed by atoms with van der Waals surface area (Å²) in [4.78, 5) is 4.95. The summed E-state index contributed by atoms with van der Waals surface area (Å²) in [5.41, 5.74) is 7.17. The van der Waals surface area contributed by atoms with Crippen LogP contribution in [0.5, 0.6) is 0 Å². The maximum atomic E-state index is 4.95. The van der Waals surface area contributed by atoms with Crippen LogP contribution in [-0.2, 0) is 16.2 Å². The maximum absolute atomic E-state index is 4.95. The molecule has 0 atom stereocenters. The number of pyridine rings is 1. The molecule has 1 aliphatic rings. The van der Waals surface area contributed by atoms with Gasteiger partial charge in [0.05, 0.1) is 5.69 Å². The van der Waals surface area contributed by atoms with Crippen molar-refractivity contribution >= 4 is 10.8 Å². The molecule has 0 N–H and O–H groups in total. The molecule has 4 rings (SSSR count). The molecule has 0 spiro atoms. The van der Waals surface area contributed by atoms with Gasteiger partial charge in [0.25, 0.3) is 0 Å². The van der Waals surface area contributed by atoms with Gasteiger partial charge in [-0.05, 0) is 74.7 Å². The molecular weight excluding hydrogens is 338 g/mol. The van der Waals surface area contributed by atoms with Crippen LogP contribution in [0.25, 0.3) is 22.0 Å². The average molecular weight is 372 g/mol. The Bertz CT molecular complexity index is 1050. The van der Waals surface area contributed by atoms with Crippen molar-refractivity contribution < 1.29 is 0 Å². The van der Waals surface area contributed by atoms with Crippen molar-refractivity contribution in [1.29, 1.82) is 0 Å². The number of rotatable bonds is 1. The van der Waals surface area contributed by atoms with Crippen molar-refractivity contribution in [2.75, 3.05) is 0 Å². The zero-order chi connectivity index (χ0) is 20.3. The van der Waals surface area contributed by atoms with Gasteiger partial charge in [0.15, 0.2) is 0 Å². The molecule has 1 heterocycles. The first-order valence-corrected chi connectivity index (χ1v) is 10.5. The van der Waals surface area contributed by atoms with E-state index in [1.54, 1.807) is 0 Å². The molecule has 0 fully saturated rings. The average Bonchev–Trinajstić information content (AvgIpc) is 2.63. The van der Waals surface area contributed by atoms with Crippen molar-refractivity contribution in [1.82, 2.24) is 4.98 Å². The maximum Gasteiger partial charge on any atom is 0.0742 e. The van der Waals surface area contributed by atoms with Crippen molar-refractivity contribution in [3.63, 3.8) is 0 Å². The van der Waals surface area contributed by atoms with Crippen LogP contribution in [0.3, 0.4) is 0 Å². The number of hydrogen-bond acceptors (Lipinski definition) is 1. The molecule has 0 amide bonds. The summed E-state index contributed by atoms with van der Waals surface area (Å²) in [6, 6.07) is 15.8. The lowest BCUT2D eigenvalue weighted by Crippen LogP contribution is -2.34. The molecule has 0 bridgehead atoms. The van der Waals surface area contributed by atoms with Crippen LogP contribution in [0.4, 0.5) is 0 Å². The molecule has 1 aliphatic carbocycles. The topological polar surface area (TPSA) is 12.9 Å². The highest BCUT2D eigenvalue weighted by Gasteiger charge is 2.39. The van der Waals surface area contributed by atoms with Crippen LogP contribution in [0.2, 0.25) is 0 Å². The van der Waals surface area contributed by atoms with Crippen LogP contribution in [0, 0.1) is 0 Å². The summed E-state index contributed by atoms with van der Waals surface area (Å²) in [6.07, 6.45) is 4.44. The fourth-order valence-corrected chi connectivity index (χ4v) is 4.88. The quantitative estimate of drug-likeness (QED) is 0.430. The van der Waals surface area contributed by atoms with Gasteiger partial charge in [-0.25, -0.2) is 0 Å². The second-order valence-corrected chi connectivity index (χ2v) is 10.8. The Morgan fingerprint density at radius 1 is 0.857 bits per heavy atom. The summed E-state index contributed by atoms with van der Waals surface area (Å²) in [7, 11) is 0. The normalized spacial score (nSPS) is 18.1. The first kappa shape index (κ1) is 19.2. The van der Waals surface area contributed by atoms with E-state index >= 15 is 0 Å². The van der Waals surface area contributed by atoms with Gasteiger partial charge in [-0.15, -0.1) is 0 Å². The molecule has 0 saturated heterocycles. The molecule has 146 valence electrons. The predicted octanol–water partition coefficient (Wildman–Crippen LogP) is 7.55. The molecule has 1 aromatic heterocycles. The van der Waals surface area contributed by atoms with Crippen LogP contribution in [0.1, 0.15) is 78.0 Å². The molecule has 0 radical (unpaired) electrons. The predicted molar refractivity (Wildman–Crippen MR) is 121 cm³/mol. The third-order valence-corrected chi connectivity index (χ3v) is 6.68. The van der Waals surface area contributed by atoms with Crippen molar-refractivity contribution in [2.45, 2.75) is 77.6 Å². The van der Waals surface area contributed by atoms with Gasteiger partial charge in [0.1, 0.15) is 0 Å². The third-order valence-electron chi connectivity index (χ3n) is 6.68. The Morgan fingerprint density at radius 3 is 2.25 bits per heavy atom. The zero-order valence-electron chi connectivity index (χ0n) is 18.5. The van der Waals surface area contributed by atoms with Gasteiger partial charge in [-0.1, -0.05) is 72.7 Å². The lowest BCUT2D eigenvalue weighted by molar-refractivity contribution is 0.331. The molecule has 0 aliphatic heterocycles. The molecular formula is C27H33N. The second kappa shape index (κ2) is 6.17. The van der Waals surface area contributed by atoms with E-state index in [1.807, 2.05) is 6.20 Å². The van der Waals surface area contributed by atoms with Crippen LogP contribution >= 0.6 is 0 Å². The molecule has 0 unspecified atom stereocenters. The van der Waals surface area contributed by atoms with E-state index in [0.717, 1.165) is 0 Å². The number of fused-ring (bicyclic) bond motifs is 2. The van der Waals surface area contributed by atoms with E-state index in [4.69, 9.17) is 4.98 Å². The Kier molecular flexibility index (Phi) is 4.23. The SMILES string of the molecule is CC(C)(C)c1cc(-c2nccc3c2C(C)(C)CCC3(C)C)cc2ccccc12. The second-order valence-electron chi connectivity index (χ2n) is 10.8. The van der Waals surface area contributed by atoms with E-state index in [-0.39, 0.29) is 16.2 Å². The fourth-order valence-electron chi connectivity index (χ4n) is 4.88. The van der Waals surface area contributed by atoms with E-state index < -0.39 is 0 Å². The van der Waals surface area contributed by atoms with Crippen molar-refractivity contribution in [3.8, 4) is 11.3 Å². The Labute approximate surface area is 170 Å². The number of hydrogen-bond donors (Lipinski definition) is 0. The minimum absolute atomic E-state index is 0.0826. The van der Waals surface area contributed by atoms with E-state index in [9.17, 15) is 0 Å². The van der Waals surface area contributed by atoms with Gasteiger partial charge in [-0.3, -0.25) is 4.98 Å². The highest BCUT2D eigenvalue weighted by atomic mass is 14.7.